The summed E-state index contributed by atoms with van der Waals surface area (Å²) in [7, 11) is 2.14. The third-order valence-electron chi connectivity index (χ3n) is 5.18. The zero-order chi connectivity index (χ0) is 23.1. The first-order valence-corrected chi connectivity index (χ1v) is 11.0. The summed E-state index contributed by atoms with van der Waals surface area (Å²) >= 11 is 0. The molecule has 0 atom stereocenters. The Bertz CT molecular complexity index is 992. The zero-order valence-electron chi connectivity index (χ0n) is 19.4. The molecular formula is C27H32N2O3. The normalized spacial score (nSPS) is 15.4. The molecule has 5 heteroatoms. The van der Waals surface area contributed by atoms with Crippen LogP contribution in [0.1, 0.15) is 42.3 Å². The Hall–Kier alpha value is -3.18. The predicted molar refractivity (Wildman–Crippen MR) is 131 cm³/mol. The molecule has 1 aliphatic heterocycles. The molecule has 0 saturated carbocycles. The van der Waals surface area contributed by atoms with Crippen molar-refractivity contribution in [1.29, 1.82) is 0 Å². The molecule has 1 heterocycles. The van der Waals surface area contributed by atoms with Gasteiger partial charge in [0.2, 0.25) is 0 Å². The van der Waals surface area contributed by atoms with Crippen LogP contribution in [0, 0.1) is 0 Å². The standard InChI is InChI=1S/C27H32N2O3/c1-27(2,3)32-26(31)15-9-22-7-5-6-21(20-22)8-14-25(30)23-10-12-24(13-11-23)29-18-16-28(4)17-19-29/h5-15,20H,16-19H2,1-4H3/b14-8+,15-9+. The van der Waals surface area contributed by atoms with Crippen molar-refractivity contribution >= 4 is 29.6 Å². The molecule has 0 N–H and O–H groups in total. The van der Waals surface area contributed by atoms with Crippen molar-refractivity contribution in [3.05, 3.63) is 77.4 Å². The molecule has 0 amide bonds. The lowest BCUT2D eigenvalue weighted by molar-refractivity contribution is -0.148. The second-order valence-corrected chi connectivity index (χ2v) is 9.07. The number of carbonyl (C=O) groups is 2. The molecule has 0 aromatic heterocycles. The SMILES string of the molecule is CN1CCN(c2ccc(C(=O)/C=C/c3cccc(/C=C/C(=O)OC(C)(C)C)c3)cc2)CC1. The van der Waals surface area contributed by atoms with Crippen LogP contribution in [0.5, 0.6) is 0 Å². The fourth-order valence-electron chi connectivity index (χ4n) is 3.44. The van der Waals surface area contributed by atoms with Gasteiger partial charge in [-0.05, 0) is 81.4 Å². The lowest BCUT2D eigenvalue weighted by Gasteiger charge is -2.34. The fraction of sp³-hybridized carbons (Fsp3) is 0.333. The van der Waals surface area contributed by atoms with Crippen LogP contribution in [0.15, 0.2) is 60.7 Å². The zero-order valence-corrected chi connectivity index (χ0v) is 19.4. The molecule has 1 fully saturated rings. The first-order valence-electron chi connectivity index (χ1n) is 11.0. The van der Waals surface area contributed by atoms with Crippen LogP contribution in [0.3, 0.4) is 0 Å². The van der Waals surface area contributed by atoms with Crippen molar-refractivity contribution in [3.63, 3.8) is 0 Å². The Morgan fingerprint density at radius 2 is 1.47 bits per heavy atom. The van der Waals surface area contributed by atoms with E-state index >= 15 is 0 Å². The van der Waals surface area contributed by atoms with E-state index in [1.165, 1.54) is 6.08 Å². The number of benzene rings is 2. The number of esters is 1. The predicted octanol–water partition coefficient (Wildman–Crippen LogP) is 4.69. The third-order valence-corrected chi connectivity index (χ3v) is 5.18. The number of carbonyl (C=O) groups excluding carboxylic acids is 2. The molecule has 0 unspecified atom stereocenters. The molecule has 0 aliphatic carbocycles. The maximum absolute atomic E-state index is 12.6. The first kappa shape index (κ1) is 23.5. The van der Waals surface area contributed by atoms with Crippen molar-refractivity contribution in [1.82, 2.24) is 4.90 Å². The summed E-state index contributed by atoms with van der Waals surface area (Å²) in [5.74, 6) is -0.418. The summed E-state index contributed by atoms with van der Waals surface area (Å²) in [6.07, 6.45) is 6.51. The summed E-state index contributed by atoms with van der Waals surface area (Å²) < 4.78 is 5.28. The van der Waals surface area contributed by atoms with Gasteiger partial charge in [-0.25, -0.2) is 4.79 Å². The third kappa shape index (κ3) is 7.20. The number of hydrogen-bond donors (Lipinski definition) is 0. The van der Waals surface area contributed by atoms with Gasteiger partial charge < -0.3 is 14.5 Å². The van der Waals surface area contributed by atoms with Gasteiger partial charge in [0.1, 0.15) is 5.60 Å². The summed E-state index contributed by atoms with van der Waals surface area (Å²) in [6, 6.07) is 15.5. The Morgan fingerprint density at radius 3 is 2.06 bits per heavy atom. The summed E-state index contributed by atoms with van der Waals surface area (Å²) in [4.78, 5) is 29.1. The minimum Gasteiger partial charge on any atom is -0.457 e. The molecule has 3 rings (SSSR count). The fourth-order valence-corrected chi connectivity index (χ4v) is 3.44. The highest BCUT2D eigenvalue weighted by molar-refractivity contribution is 6.07. The molecular weight excluding hydrogens is 400 g/mol. The number of allylic oxidation sites excluding steroid dienone is 1. The molecule has 1 aliphatic rings. The number of anilines is 1. The van der Waals surface area contributed by atoms with E-state index in [1.54, 1.807) is 18.2 Å². The van der Waals surface area contributed by atoms with Crippen molar-refractivity contribution in [2.75, 3.05) is 38.1 Å². The molecule has 0 radical (unpaired) electrons. The van der Waals surface area contributed by atoms with Gasteiger partial charge in [0.15, 0.2) is 5.78 Å². The first-order chi connectivity index (χ1) is 15.2. The van der Waals surface area contributed by atoms with Gasteiger partial charge >= 0.3 is 5.97 Å². The molecule has 168 valence electrons. The van der Waals surface area contributed by atoms with E-state index < -0.39 is 5.60 Å². The Morgan fingerprint density at radius 1 is 0.875 bits per heavy atom. The summed E-state index contributed by atoms with van der Waals surface area (Å²) in [5.41, 5.74) is 3.05. The van der Waals surface area contributed by atoms with Crippen molar-refractivity contribution in [3.8, 4) is 0 Å². The van der Waals surface area contributed by atoms with E-state index in [9.17, 15) is 9.59 Å². The molecule has 2 aromatic carbocycles. The van der Waals surface area contributed by atoms with Crippen LogP contribution in [-0.2, 0) is 9.53 Å². The maximum atomic E-state index is 12.6. The van der Waals surface area contributed by atoms with Crippen molar-refractivity contribution in [2.45, 2.75) is 26.4 Å². The Labute approximate surface area is 191 Å². The van der Waals surface area contributed by atoms with E-state index in [1.807, 2.05) is 69.3 Å². The molecule has 2 aromatic rings. The number of rotatable bonds is 6. The van der Waals surface area contributed by atoms with Gasteiger partial charge in [-0.2, -0.15) is 0 Å². The highest BCUT2D eigenvalue weighted by Gasteiger charge is 2.15. The van der Waals surface area contributed by atoms with Gasteiger partial charge in [-0.15, -0.1) is 0 Å². The number of ketones is 1. The van der Waals surface area contributed by atoms with E-state index in [-0.39, 0.29) is 11.8 Å². The lowest BCUT2D eigenvalue weighted by Crippen LogP contribution is -2.44. The summed E-state index contributed by atoms with van der Waals surface area (Å²) in [5, 5.41) is 0. The number of piperazine rings is 1. The minimum absolute atomic E-state index is 0.0374. The number of ether oxygens (including phenoxy) is 1. The van der Waals surface area contributed by atoms with Crippen LogP contribution < -0.4 is 4.90 Å². The van der Waals surface area contributed by atoms with E-state index in [2.05, 4.69) is 16.8 Å². The monoisotopic (exact) mass is 432 g/mol. The topological polar surface area (TPSA) is 49.9 Å². The van der Waals surface area contributed by atoms with Crippen LogP contribution in [-0.4, -0.2) is 55.5 Å². The molecule has 5 nitrogen and oxygen atoms in total. The van der Waals surface area contributed by atoms with E-state index in [0.29, 0.717) is 5.56 Å². The molecule has 32 heavy (non-hydrogen) atoms. The number of likely N-dealkylation sites (N-methyl/N-ethyl adjacent to an activating group) is 1. The average Bonchev–Trinajstić information content (AvgIpc) is 2.76. The van der Waals surface area contributed by atoms with Gasteiger partial charge in [0, 0.05) is 43.5 Å². The Kier molecular flexibility index (Phi) is 7.65. The smallest absolute Gasteiger partial charge is 0.331 e. The van der Waals surface area contributed by atoms with Crippen LogP contribution >= 0.6 is 0 Å². The summed E-state index contributed by atoms with van der Waals surface area (Å²) in [6.45, 7) is 9.61. The maximum Gasteiger partial charge on any atom is 0.331 e. The van der Waals surface area contributed by atoms with Gasteiger partial charge in [0.25, 0.3) is 0 Å². The van der Waals surface area contributed by atoms with Crippen molar-refractivity contribution < 1.29 is 14.3 Å². The van der Waals surface area contributed by atoms with Crippen LogP contribution in [0.4, 0.5) is 5.69 Å². The minimum atomic E-state index is -0.519. The Balaban J connectivity index is 1.60. The number of nitrogens with zero attached hydrogens (tertiary/aromatic N) is 2. The largest absolute Gasteiger partial charge is 0.457 e. The molecule has 0 bridgehead atoms. The molecule has 0 spiro atoms. The van der Waals surface area contributed by atoms with Gasteiger partial charge in [-0.3, -0.25) is 4.79 Å². The van der Waals surface area contributed by atoms with Crippen molar-refractivity contribution in [2.24, 2.45) is 0 Å². The van der Waals surface area contributed by atoms with Crippen LogP contribution in [0.25, 0.3) is 12.2 Å². The van der Waals surface area contributed by atoms with E-state index in [0.717, 1.165) is 43.0 Å². The average molecular weight is 433 g/mol. The molecule has 1 saturated heterocycles. The number of hydrogen-bond acceptors (Lipinski definition) is 5. The van der Waals surface area contributed by atoms with Gasteiger partial charge in [0.05, 0.1) is 0 Å². The van der Waals surface area contributed by atoms with Crippen LogP contribution in [0.2, 0.25) is 0 Å². The second-order valence-electron chi connectivity index (χ2n) is 9.07. The lowest BCUT2D eigenvalue weighted by atomic mass is 10.1. The van der Waals surface area contributed by atoms with Gasteiger partial charge in [-0.1, -0.05) is 24.3 Å². The quantitative estimate of drug-likeness (QED) is 0.377. The highest BCUT2D eigenvalue weighted by Crippen LogP contribution is 2.18. The van der Waals surface area contributed by atoms with E-state index in [4.69, 9.17) is 4.74 Å². The second kappa shape index (κ2) is 10.4. The highest BCUT2D eigenvalue weighted by atomic mass is 16.6.